The second-order valence-electron chi connectivity index (χ2n) is 10.5. The van der Waals surface area contributed by atoms with Gasteiger partial charge in [-0.05, 0) is 31.0 Å². The van der Waals surface area contributed by atoms with Crippen LogP contribution >= 0.6 is 0 Å². The van der Waals surface area contributed by atoms with Crippen LogP contribution < -0.4 is 9.96 Å². The van der Waals surface area contributed by atoms with Gasteiger partial charge in [-0.1, -0.05) is 65.8 Å². The topological polar surface area (TPSA) is 90.7 Å². The number of benzene rings is 3. The van der Waals surface area contributed by atoms with Crippen LogP contribution in [0.15, 0.2) is 77.3 Å². The average Bonchev–Trinajstić information content (AvgIpc) is 3.58. The van der Waals surface area contributed by atoms with Gasteiger partial charge >= 0.3 is 12.1 Å². The number of aryl methyl sites for hydroxylation is 2. The van der Waals surface area contributed by atoms with E-state index in [0.29, 0.717) is 36.9 Å². The predicted octanol–water partition coefficient (Wildman–Crippen LogP) is 6.38. The Balaban J connectivity index is 1.27. The van der Waals surface area contributed by atoms with Crippen molar-refractivity contribution in [2.45, 2.75) is 26.1 Å². The minimum absolute atomic E-state index is 0.0372. The Morgan fingerprint density at radius 1 is 0.977 bits per heavy atom. The van der Waals surface area contributed by atoms with E-state index in [4.69, 9.17) is 4.52 Å². The van der Waals surface area contributed by atoms with Gasteiger partial charge in [0, 0.05) is 32.2 Å². The van der Waals surface area contributed by atoms with Gasteiger partial charge in [0.2, 0.25) is 5.95 Å². The summed E-state index contributed by atoms with van der Waals surface area (Å²) in [5.74, 6) is -3.18. The van der Waals surface area contributed by atoms with Gasteiger partial charge in [0.25, 0.3) is 0 Å². The summed E-state index contributed by atoms with van der Waals surface area (Å²) in [5.41, 5.74) is 3.23. The zero-order valence-electron chi connectivity index (χ0n) is 23.8. The zero-order valence-corrected chi connectivity index (χ0v) is 23.8. The van der Waals surface area contributed by atoms with Crippen molar-refractivity contribution in [1.29, 1.82) is 0 Å². The van der Waals surface area contributed by atoms with Crippen LogP contribution in [-0.2, 0) is 9.63 Å². The zero-order chi connectivity index (χ0) is 31.0. The van der Waals surface area contributed by atoms with Crippen molar-refractivity contribution in [2.75, 3.05) is 36.1 Å². The monoisotopic (exact) mass is 608 g/mol. The quantitative estimate of drug-likeness (QED) is 0.168. The molecule has 5 aromatic rings. The molecule has 1 fully saturated rings. The molecule has 6 rings (SSSR count). The van der Waals surface area contributed by atoms with Crippen LogP contribution in [0.25, 0.3) is 11.0 Å². The van der Waals surface area contributed by atoms with Gasteiger partial charge < -0.3 is 19.2 Å². The molecule has 3 heterocycles. The number of halogens is 4. The maximum atomic E-state index is 15.5. The molecule has 0 spiro atoms. The second kappa shape index (κ2) is 11.6. The molecule has 2 aromatic heterocycles. The van der Waals surface area contributed by atoms with Crippen LogP contribution in [0.1, 0.15) is 28.6 Å². The van der Waals surface area contributed by atoms with Gasteiger partial charge in [-0.25, -0.2) is 14.2 Å². The first kappa shape index (κ1) is 29.2. The molecular formula is C31H28F4N6O3. The molecule has 0 atom stereocenters. The van der Waals surface area contributed by atoms with Crippen LogP contribution in [-0.4, -0.2) is 58.3 Å². The van der Waals surface area contributed by atoms with E-state index in [0.717, 1.165) is 11.1 Å². The minimum Gasteiger partial charge on any atom is -0.367 e. The van der Waals surface area contributed by atoms with E-state index in [1.54, 1.807) is 0 Å². The smallest absolute Gasteiger partial charge is 0.367 e. The molecule has 0 amide bonds. The number of imidazole rings is 1. The number of nitrogens with one attached hydrogen (secondary N) is 1. The molecule has 0 bridgehead atoms. The summed E-state index contributed by atoms with van der Waals surface area (Å²) in [6.07, 6.45) is -5.27. The highest BCUT2D eigenvalue weighted by atomic mass is 19.4. The molecule has 3 aromatic carbocycles. The molecule has 44 heavy (non-hydrogen) atoms. The van der Waals surface area contributed by atoms with Gasteiger partial charge in [-0.3, -0.25) is 4.90 Å². The first-order valence-corrected chi connectivity index (χ1v) is 13.9. The van der Waals surface area contributed by atoms with Crippen LogP contribution in [0.2, 0.25) is 0 Å². The number of hydrogen-bond acceptors (Lipinski definition) is 8. The van der Waals surface area contributed by atoms with Crippen molar-refractivity contribution < 1.29 is 31.7 Å². The fraction of sp³-hybridized carbons (Fsp3) is 0.258. The lowest BCUT2D eigenvalue weighted by atomic mass is 9.96. The van der Waals surface area contributed by atoms with E-state index in [1.165, 1.54) is 26.0 Å². The van der Waals surface area contributed by atoms with Crippen LogP contribution in [0.5, 0.6) is 0 Å². The van der Waals surface area contributed by atoms with Gasteiger partial charge in [0.1, 0.15) is 17.2 Å². The van der Waals surface area contributed by atoms with Crippen molar-refractivity contribution in [2.24, 2.45) is 0 Å². The number of H-pyrrole nitrogens is 1. The summed E-state index contributed by atoms with van der Waals surface area (Å²) in [4.78, 5) is 27.9. The Morgan fingerprint density at radius 2 is 1.59 bits per heavy atom. The van der Waals surface area contributed by atoms with Crippen molar-refractivity contribution >= 4 is 34.3 Å². The molecule has 13 heteroatoms. The molecule has 1 aliphatic heterocycles. The summed E-state index contributed by atoms with van der Waals surface area (Å²) < 4.78 is 59.9. The fourth-order valence-corrected chi connectivity index (χ4v) is 5.55. The van der Waals surface area contributed by atoms with Gasteiger partial charge in [0.15, 0.2) is 5.76 Å². The average molecular weight is 609 g/mol. The lowest BCUT2D eigenvalue weighted by molar-refractivity contribution is -0.200. The van der Waals surface area contributed by atoms with Crippen molar-refractivity contribution in [3.05, 3.63) is 101 Å². The Labute approximate surface area is 249 Å². The number of rotatable bonds is 7. The number of fused-ring (bicyclic) bond motifs is 1. The highest BCUT2D eigenvalue weighted by Gasteiger charge is 2.44. The SMILES string of the molecule is Cc1noc(C)c1N(OC(=O)C(F)(F)F)c1nc2cc(N3CCN(C(c4ccccc4)c4ccccc4)CC3)c(F)cc2[nH]1. The third-order valence-electron chi connectivity index (χ3n) is 7.59. The fourth-order valence-electron chi connectivity index (χ4n) is 5.55. The lowest BCUT2D eigenvalue weighted by Crippen LogP contribution is -2.48. The van der Waals surface area contributed by atoms with Crippen molar-refractivity contribution in [3.8, 4) is 0 Å². The maximum absolute atomic E-state index is 15.5. The van der Waals surface area contributed by atoms with Crippen LogP contribution in [0, 0.1) is 19.7 Å². The third kappa shape index (κ3) is 5.70. The van der Waals surface area contributed by atoms with Gasteiger partial charge in [-0.15, -0.1) is 5.06 Å². The molecule has 0 aliphatic carbocycles. The number of alkyl halides is 3. The molecule has 0 unspecified atom stereocenters. The van der Waals surface area contributed by atoms with E-state index in [-0.39, 0.29) is 40.2 Å². The molecule has 228 valence electrons. The Kier molecular flexibility index (Phi) is 7.72. The van der Waals surface area contributed by atoms with E-state index < -0.39 is 18.0 Å². The summed E-state index contributed by atoms with van der Waals surface area (Å²) in [7, 11) is 0. The number of nitrogens with zero attached hydrogens (tertiary/aromatic N) is 5. The number of hydrogen-bond donors (Lipinski definition) is 1. The summed E-state index contributed by atoms with van der Waals surface area (Å²) in [6, 6.07) is 23.2. The number of piperazine rings is 1. The van der Waals surface area contributed by atoms with E-state index in [1.807, 2.05) is 41.3 Å². The van der Waals surface area contributed by atoms with E-state index in [9.17, 15) is 18.0 Å². The highest BCUT2D eigenvalue weighted by molar-refractivity contribution is 5.84. The summed E-state index contributed by atoms with van der Waals surface area (Å²) in [6.45, 7) is 5.30. The van der Waals surface area contributed by atoms with Gasteiger partial charge in [-0.2, -0.15) is 13.2 Å². The van der Waals surface area contributed by atoms with E-state index in [2.05, 4.69) is 49.1 Å². The lowest BCUT2D eigenvalue weighted by Gasteiger charge is -2.40. The standard InChI is InChI=1S/C31H28F4N6O3/c1-19-27(20(2)43-38-19)41(44-29(42)31(33,34)35)30-36-24-17-23(32)26(18-25(24)37-30)39-13-15-40(16-14-39)28(21-9-5-3-6-10-21)22-11-7-4-8-12-22/h3-12,17-18,28H,13-16H2,1-2H3,(H,36,37). The second-order valence-corrected chi connectivity index (χ2v) is 10.5. The highest BCUT2D eigenvalue weighted by Crippen LogP contribution is 2.35. The molecule has 1 saturated heterocycles. The molecule has 9 nitrogen and oxygen atoms in total. The molecule has 1 aliphatic rings. The van der Waals surface area contributed by atoms with Crippen molar-refractivity contribution in [1.82, 2.24) is 20.0 Å². The largest absolute Gasteiger partial charge is 0.493 e. The third-order valence-corrected chi connectivity index (χ3v) is 7.59. The number of carbonyl (C=O) groups excluding carboxylic acids is 1. The number of anilines is 3. The first-order chi connectivity index (χ1) is 21.1. The number of aromatic amines is 1. The molecule has 0 radical (unpaired) electrons. The Bertz CT molecular complexity index is 1710. The Hall–Kier alpha value is -4.91. The molecule has 1 N–H and O–H groups in total. The summed E-state index contributed by atoms with van der Waals surface area (Å²) in [5, 5.41) is 4.30. The first-order valence-electron chi connectivity index (χ1n) is 13.9. The minimum atomic E-state index is -5.27. The molecular weight excluding hydrogens is 580 g/mol. The number of carbonyl (C=O) groups is 1. The summed E-state index contributed by atoms with van der Waals surface area (Å²) >= 11 is 0. The van der Waals surface area contributed by atoms with Gasteiger partial charge in [0.05, 0.1) is 22.8 Å². The van der Waals surface area contributed by atoms with Crippen LogP contribution in [0.4, 0.5) is 34.9 Å². The predicted molar refractivity (Wildman–Crippen MR) is 155 cm³/mol. The molecule has 0 saturated carbocycles. The maximum Gasteiger partial charge on any atom is 0.493 e. The van der Waals surface area contributed by atoms with Crippen molar-refractivity contribution in [3.63, 3.8) is 0 Å². The normalized spacial score (nSPS) is 14.4. The number of aromatic nitrogens is 3. The van der Waals surface area contributed by atoms with E-state index >= 15 is 4.39 Å². The van der Waals surface area contributed by atoms with Crippen LogP contribution in [0.3, 0.4) is 0 Å². The Morgan fingerprint density at radius 3 is 2.14 bits per heavy atom.